The maximum Gasteiger partial charge on any atom is 0.330 e. The summed E-state index contributed by atoms with van der Waals surface area (Å²) in [6.45, 7) is 0. The molecule has 7 nitrogen and oxygen atoms in total. The Morgan fingerprint density at radius 1 is 1.05 bits per heavy atom. The summed E-state index contributed by atoms with van der Waals surface area (Å²) in [6, 6.07) is 7.05. The Labute approximate surface area is 119 Å². The van der Waals surface area contributed by atoms with Crippen molar-refractivity contribution in [1.29, 1.82) is 0 Å². The molecule has 0 bridgehead atoms. The Kier molecular flexibility index (Phi) is 2.90. The molecule has 1 aliphatic heterocycles. The van der Waals surface area contributed by atoms with Gasteiger partial charge in [0.25, 0.3) is 11.5 Å². The molecule has 2 aromatic rings. The van der Waals surface area contributed by atoms with Crippen molar-refractivity contribution in [3.8, 4) is 0 Å². The zero-order chi connectivity index (χ0) is 15.1. The number of rotatable bonds is 1. The summed E-state index contributed by atoms with van der Waals surface area (Å²) in [5, 5.41) is 5.82. The zero-order valence-corrected chi connectivity index (χ0v) is 11.6. The van der Waals surface area contributed by atoms with Crippen LogP contribution in [0.2, 0.25) is 0 Å². The third-order valence-corrected chi connectivity index (χ3v) is 3.53. The van der Waals surface area contributed by atoms with Gasteiger partial charge in [0.05, 0.1) is 11.1 Å². The Bertz CT molecular complexity index is 850. The van der Waals surface area contributed by atoms with E-state index in [9.17, 15) is 14.4 Å². The lowest BCUT2D eigenvalue weighted by atomic mass is 10.1. The molecule has 21 heavy (non-hydrogen) atoms. The maximum absolute atomic E-state index is 12.2. The topological polar surface area (TPSA) is 85.1 Å². The molecular formula is C14H14N4O3. The number of nitrogens with one attached hydrogen (secondary N) is 2. The van der Waals surface area contributed by atoms with E-state index >= 15 is 0 Å². The average Bonchev–Trinajstić information content (AvgIpc) is 2.49. The van der Waals surface area contributed by atoms with E-state index in [1.165, 1.54) is 17.8 Å². The van der Waals surface area contributed by atoms with Gasteiger partial charge in [0.15, 0.2) is 0 Å². The molecule has 3 rings (SSSR count). The van der Waals surface area contributed by atoms with Crippen LogP contribution in [0.5, 0.6) is 0 Å². The quantitative estimate of drug-likeness (QED) is 0.769. The highest BCUT2D eigenvalue weighted by Crippen LogP contribution is 2.24. The molecule has 0 saturated heterocycles. The van der Waals surface area contributed by atoms with Crippen LogP contribution in [0.25, 0.3) is 0 Å². The van der Waals surface area contributed by atoms with Gasteiger partial charge < -0.3 is 15.2 Å². The highest BCUT2D eigenvalue weighted by molar-refractivity contribution is 6.01. The lowest BCUT2D eigenvalue weighted by Crippen LogP contribution is -2.45. The first-order valence-electron chi connectivity index (χ1n) is 6.42. The molecule has 1 amide bonds. The van der Waals surface area contributed by atoms with Gasteiger partial charge in [-0.3, -0.25) is 14.2 Å². The Hall–Kier alpha value is -2.83. The summed E-state index contributed by atoms with van der Waals surface area (Å²) < 4.78 is 2.33. The number of carbonyl (C=O) groups excluding carboxylic acids is 1. The second-order valence-corrected chi connectivity index (χ2v) is 4.94. The van der Waals surface area contributed by atoms with Crippen molar-refractivity contribution < 1.29 is 4.79 Å². The van der Waals surface area contributed by atoms with Crippen LogP contribution in [0.1, 0.15) is 22.1 Å². The van der Waals surface area contributed by atoms with E-state index in [1.807, 2.05) is 0 Å². The first kappa shape index (κ1) is 13.2. The number of amides is 1. The number of aromatic nitrogens is 2. The molecule has 0 saturated carbocycles. The Morgan fingerprint density at radius 3 is 2.52 bits per heavy atom. The van der Waals surface area contributed by atoms with E-state index in [4.69, 9.17) is 0 Å². The standard InChI is InChI=1S/C14H14N4O3/c1-17-7-9(13(20)18(2)14(17)21)11-15-10-6-4-3-5-8(10)12(19)16-11/h3-7,11,15H,1-2H3,(H,16,19). The van der Waals surface area contributed by atoms with Crippen molar-refractivity contribution in [2.75, 3.05) is 5.32 Å². The highest BCUT2D eigenvalue weighted by atomic mass is 16.2. The van der Waals surface area contributed by atoms with Gasteiger partial charge in [0, 0.05) is 26.0 Å². The average molecular weight is 286 g/mol. The number of fused-ring (bicyclic) bond motifs is 1. The lowest BCUT2D eigenvalue weighted by Gasteiger charge is -2.27. The van der Waals surface area contributed by atoms with E-state index in [0.29, 0.717) is 16.8 Å². The van der Waals surface area contributed by atoms with Gasteiger partial charge in [0.1, 0.15) is 6.17 Å². The van der Waals surface area contributed by atoms with E-state index in [-0.39, 0.29) is 5.91 Å². The van der Waals surface area contributed by atoms with Crippen LogP contribution in [0, 0.1) is 0 Å². The molecule has 1 aromatic heterocycles. The number of hydrogen-bond donors (Lipinski definition) is 2. The fourth-order valence-electron chi connectivity index (χ4n) is 2.40. The summed E-state index contributed by atoms with van der Waals surface area (Å²) in [4.78, 5) is 36.0. The van der Waals surface area contributed by atoms with Crippen LogP contribution >= 0.6 is 0 Å². The third-order valence-electron chi connectivity index (χ3n) is 3.53. The van der Waals surface area contributed by atoms with Gasteiger partial charge >= 0.3 is 5.69 Å². The lowest BCUT2D eigenvalue weighted by molar-refractivity contribution is 0.0935. The molecule has 2 N–H and O–H groups in total. The minimum atomic E-state index is -0.669. The molecule has 7 heteroatoms. The van der Waals surface area contributed by atoms with Crippen LogP contribution in [0.3, 0.4) is 0 Å². The van der Waals surface area contributed by atoms with Gasteiger partial charge in [-0.25, -0.2) is 4.79 Å². The van der Waals surface area contributed by atoms with Crippen LogP contribution in [0.15, 0.2) is 40.1 Å². The van der Waals surface area contributed by atoms with Crippen molar-refractivity contribution in [1.82, 2.24) is 14.5 Å². The van der Waals surface area contributed by atoms with Crippen LogP contribution in [0.4, 0.5) is 5.69 Å². The fourth-order valence-corrected chi connectivity index (χ4v) is 2.40. The minimum Gasteiger partial charge on any atom is -0.361 e. The zero-order valence-electron chi connectivity index (χ0n) is 11.6. The van der Waals surface area contributed by atoms with Gasteiger partial charge in [0.2, 0.25) is 0 Å². The summed E-state index contributed by atoms with van der Waals surface area (Å²) in [6.07, 6.45) is 0.772. The highest BCUT2D eigenvalue weighted by Gasteiger charge is 2.26. The molecule has 1 atom stereocenters. The van der Waals surface area contributed by atoms with Crippen molar-refractivity contribution >= 4 is 11.6 Å². The number of benzene rings is 1. The number of para-hydroxylation sites is 1. The molecule has 0 spiro atoms. The van der Waals surface area contributed by atoms with Gasteiger partial charge in [-0.15, -0.1) is 0 Å². The van der Waals surface area contributed by atoms with E-state index in [1.54, 1.807) is 31.3 Å². The van der Waals surface area contributed by atoms with E-state index < -0.39 is 17.4 Å². The van der Waals surface area contributed by atoms with Crippen LogP contribution in [-0.2, 0) is 14.1 Å². The SMILES string of the molecule is Cn1cc(C2NC(=O)c3ccccc3N2)c(=O)n(C)c1=O. The first-order valence-corrected chi connectivity index (χ1v) is 6.42. The molecule has 2 heterocycles. The predicted molar refractivity (Wildman–Crippen MR) is 77.2 cm³/mol. The number of anilines is 1. The van der Waals surface area contributed by atoms with Gasteiger partial charge in [-0.1, -0.05) is 12.1 Å². The molecule has 0 radical (unpaired) electrons. The molecule has 0 fully saturated rings. The fraction of sp³-hybridized carbons (Fsp3) is 0.214. The normalized spacial score (nSPS) is 16.9. The van der Waals surface area contributed by atoms with Crippen molar-refractivity contribution in [2.45, 2.75) is 6.17 Å². The molecular weight excluding hydrogens is 272 g/mol. The second-order valence-electron chi connectivity index (χ2n) is 4.94. The van der Waals surface area contributed by atoms with Crippen LogP contribution < -0.4 is 21.9 Å². The van der Waals surface area contributed by atoms with E-state index in [2.05, 4.69) is 10.6 Å². The second kappa shape index (κ2) is 4.62. The summed E-state index contributed by atoms with van der Waals surface area (Å²) >= 11 is 0. The smallest absolute Gasteiger partial charge is 0.330 e. The van der Waals surface area contributed by atoms with Gasteiger partial charge in [-0.05, 0) is 12.1 Å². The third kappa shape index (κ3) is 2.03. The molecule has 108 valence electrons. The summed E-state index contributed by atoms with van der Waals surface area (Å²) in [5.74, 6) is -0.259. The Morgan fingerprint density at radius 2 is 1.76 bits per heavy atom. The Balaban J connectivity index is 2.11. The van der Waals surface area contributed by atoms with Crippen LogP contribution in [-0.4, -0.2) is 15.0 Å². The number of nitrogens with zero attached hydrogens (tertiary/aromatic N) is 2. The molecule has 1 aliphatic rings. The number of hydrogen-bond acceptors (Lipinski definition) is 4. The number of aryl methyl sites for hydroxylation is 1. The predicted octanol–water partition coefficient (Wildman–Crippen LogP) is -0.0619. The van der Waals surface area contributed by atoms with Crippen molar-refractivity contribution in [3.05, 3.63) is 62.4 Å². The monoisotopic (exact) mass is 286 g/mol. The first-order chi connectivity index (χ1) is 9.99. The molecule has 0 aliphatic carbocycles. The van der Waals surface area contributed by atoms with Crippen molar-refractivity contribution in [3.63, 3.8) is 0 Å². The van der Waals surface area contributed by atoms with Gasteiger partial charge in [-0.2, -0.15) is 0 Å². The minimum absolute atomic E-state index is 0.259. The molecule has 1 aromatic carbocycles. The summed E-state index contributed by atoms with van der Waals surface area (Å²) in [5.41, 5.74) is 0.640. The van der Waals surface area contributed by atoms with E-state index in [0.717, 1.165) is 4.57 Å². The largest absolute Gasteiger partial charge is 0.361 e. The van der Waals surface area contributed by atoms with Crippen molar-refractivity contribution in [2.24, 2.45) is 14.1 Å². The maximum atomic E-state index is 12.2. The number of carbonyl (C=O) groups is 1. The molecule has 1 unspecified atom stereocenters. The summed E-state index contributed by atoms with van der Waals surface area (Å²) in [7, 11) is 2.97.